The van der Waals surface area contributed by atoms with Crippen LogP contribution in [0.15, 0.2) is 127 Å². The lowest BCUT2D eigenvalue weighted by atomic mass is 9.72. The Morgan fingerprint density at radius 3 is 0.974 bits per heavy atom. The number of nitrogens with one attached hydrogen (secondary N) is 3. The fourth-order valence-corrected chi connectivity index (χ4v) is 17.3. The van der Waals surface area contributed by atoms with Crippen LogP contribution >= 0.6 is 0 Å². The summed E-state index contributed by atoms with van der Waals surface area (Å²) < 4.78 is 16.4. The summed E-state index contributed by atoms with van der Waals surface area (Å²) >= 11 is 0. The molecule has 0 spiro atoms. The zero-order chi connectivity index (χ0) is 85.7. The first kappa shape index (κ1) is 93.6. The lowest BCUT2D eigenvalue weighted by Crippen LogP contribution is -2.76. The Labute approximate surface area is 667 Å². The second kappa shape index (κ2) is 35.8. The summed E-state index contributed by atoms with van der Waals surface area (Å²) in [5.41, 5.74) is 15.7. The number of phenols is 3. The van der Waals surface area contributed by atoms with E-state index in [1.54, 1.807) is 144 Å². The molecule has 0 aliphatic heterocycles. The summed E-state index contributed by atoms with van der Waals surface area (Å²) in [6.07, 6.45) is -2.77. The van der Waals surface area contributed by atoms with Crippen LogP contribution in [0.1, 0.15) is 185 Å². The van der Waals surface area contributed by atoms with Gasteiger partial charge in [0.2, 0.25) is 5.91 Å². The molecule has 0 aromatic heterocycles. The van der Waals surface area contributed by atoms with Crippen LogP contribution in [0.4, 0.5) is 9.59 Å². The second-order valence-corrected chi connectivity index (χ2v) is 30.7. The summed E-state index contributed by atoms with van der Waals surface area (Å²) in [5, 5.41) is 132. The number of aryl methyl sites for hydroxylation is 3. The van der Waals surface area contributed by atoms with E-state index in [0.29, 0.717) is 50.1 Å². The first-order valence-corrected chi connectivity index (χ1v) is 37.0. The maximum Gasteiger partial charge on any atom is 0.342 e. The molecular weight excluding hydrogens is 1490 g/mol. The molecule has 24 N–H and O–H groups in total. The van der Waals surface area contributed by atoms with Crippen molar-refractivity contribution < 1.29 is 114 Å². The molecule has 3 saturated carbocycles. The number of aliphatic hydroxyl groups excluding tert-OH is 2. The molecule has 6 aromatic rings. The zero-order valence-corrected chi connectivity index (χ0v) is 66.1. The molecule has 626 valence electrons. The van der Waals surface area contributed by atoms with Crippen LogP contribution in [0.5, 0.6) is 17.2 Å². The molecule has 0 heterocycles. The van der Waals surface area contributed by atoms with E-state index in [4.69, 9.17) is 42.9 Å². The number of Topliss-reactive ketones (excluding diaryl/α,β-unsaturated/α-hetero) is 3. The minimum absolute atomic E-state index is 0. The van der Waals surface area contributed by atoms with Gasteiger partial charge in [-0.15, -0.1) is 0 Å². The molecule has 3 fully saturated rings. The predicted octanol–water partition coefficient (Wildman–Crippen LogP) is 4.11. The number of hydrogen-bond donors (Lipinski definition) is 19. The van der Waals surface area contributed by atoms with Gasteiger partial charge in [0.25, 0.3) is 0 Å². The topological polar surface area (TPSA) is 570 Å². The van der Waals surface area contributed by atoms with E-state index >= 15 is 0 Å². The molecule has 31 heteroatoms. The van der Waals surface area contributed by atoms with Gasteiger partial charge in [-0.25, -0.2) is 24.0 Å². The standard InChI is InChI=1S/C29H38N2O8.C27H35N3O8.C27H35N3O7.CH4/c1-6-23(35)31-29(18(4)33)25(30)21(14-19-10-8-11-20(13-19)17(3)32)28(38,27(29,5)37)15-39-26(36)24-16(2)9-7-12-22(24)34;1-14-7-5-10-20(33)21(14)23(34)38-13-26(37)19(12-17-8-6-9-18(11-17)15(2)31)22(28)27(16(3)32,25(26,4)36)30-24(29)35;1-5-26(30-24(29)34)22(28)19(13-17-9-7-10-18(12-17)16(3)31)27(36,25(26,4)35)14-37-23(33)21-15(2)8-6-11-20(21)32;/h7-13,18,21,25,33-34,37-38H,6,14-15,30H2,1-5H3,(H,31,35);5-11,16,19,22,32-33,36-37H,12-13,28H2,1-4H3,(H3,29,30,35);6-12,19,22,32,35-36H,5,13-14,28H2,1-4H3,(H3,29,30,34);1H4/t18-,21-,25-,27-,28+,29-;16-,19-,22-,25-,26+,27-;19-,22-,25+,26-,27+;/m000./s1. The third-order valence-electron chi connectivity index (χ3n) is 24.0. The van der Waals surface area contributed by atoms with Crippen molar-refractivity contribution in [2.24, 2.45) is 46.4 Å². The number of carbonyl (C=O) groups excluding carboxylic acids is 9. The molecular formula is C84H112N8O23. The Kier molecular flexibility index (Phi) is 29.2. The van der Waals surface area contributed by atoms with Crippen molar-refractivity contribution in [3.63, 3.8) is 0 Å². The van der Waals surface area contributed by atoms with Crippen LogP contribution in [0.3, 0.4) is 0 Å². The molecule has 0 radical (unpaired) electrons. The van der Waals surface area contributed by atoms with E-state index in [1.165, 1.54) is 73.6 Å². The predicted molar refractivity (Wildman–Crippen MR) is 423 cm³/mol. The van der Waals surface area contributed by atoms with Crippen LogP contribution in [0, 0.1) is 38.5 Å². The highest BCUT2D eigenvalue weighted by Gasteiger charge is 2.78. The Morgan fingerprint density at radius 1 is 0.435 bits per heavy atom. The van der Waals surface area contributed by atoms with Gasteiger partial charge in [-0.3, -0.25) is 19.2 Å². The number of rotatable bonds is 25. The average Bonchev–Trinajstić information content (AvgIpc) is 1.54. The molecule has 6 aromatic carbocycles. The fourth-order valence-electron chi connectivity index (χ4n) is 17.3. The molecule has 0 saturated heterocycles. The summed E-state index contributed by atoms with van der Waals surface area (Å²) in [7, 11) is 0. The number of hydrogen-bond acceptors (Lipinski definition) is 26. The average molecular weight is 1600 g/mol. The number of ketones is 3. The monoisotopic (exact) mass is 1600 g/mol. The lowest BCUT2D eigenvalue weighted by Gasteiger charge is -2.48. The van der Waals surface area contributed by atoms with E-state index in [2.05, 4.69) is 16.0 Å². The van der Waals surface area contributed by atoms with Crippen LogP contribution in [-0.2, 0) is 38.3 Å². The van der Waals surface area contributed by atoms with E-state index in [0.717, 1.165) is 0 Å². The number of carbonyl (C=O) groups is 9. The molecule has 5 amide bonds. The van der Waals surface area contributed by atoms with Crippen molar-refractivity contribution >= 4 is 53.2 Å². The molecule has 3 aliphatic rings. The quantitative estimate of drug-likeness (QED) is 0.0218. The Bertz CT molecular complexity index is 4570. The summed E-state index contributed by atoms with van der Waals surface area (Å²) in [6.45, 7) is 16.4. The largest absolute Gasteiger partial charge is 0.507 e. The normalized spacial score (nSPS) is 28.9. The number of aliphatic hydroxyl groups is 8. The number of urea groups is 2. The molecule has 0 unspecified atom stereocenters. The van der Waals surface area contributed by atoms with Crippen LogP contribution < -0.4 is 44.6 Å². The molecule has 17 atom stereocenters. The van der Waals surface area contributed by atoms with Gasteiger partial charge in [0.1, 0.15) is 98.4 Å². The first-order valence-electron chi connectivity index (χ1n) is 37.0. The van der Waals surface area contributed by atoms with E-state index in [-0.39, 0.29) is 90.8 Å². The Balaban J connectivity index is 0.000000267. The molecule has 0 bridgehead atoms. The minimum Gasteiger partial charge on any atom is -0.507 e. The number of nitrogens with two attached hydrogens (primary N) is 5. The summed E-state index contributed by atoms with van der Waals surface area (Å²) in [4.78, 5) is 111. The van der Waals surface area contributed by atoms with E-state index in [9.17, 15) is 99.3 Å². The van der Waals surface area contributed by atoms with Gasteiger partial charge in [0, 0.05) is 59.0 Å². The number of ether oxygens (including phenoxy) is 3. The van der Waals surface area contributed by atoms with E-state index < -0.39 is 154 Å². The number of primary amides is 2. The van der Waals surface area contributed by atoms with Crippen molar-refractivity contribution in [1.29, 1.82) is 0 Å². The SMILES string of the molecule is C.CC(=O)c1cccc(C[C@H]2[C@H](N)[C@@](NC(N)=O)([C@H](C)O)[C@@](C)(O)[C@@]2(O)COC(=O)c2c(C)cccc2O)c1.CCC(=O)N[C@@]1([C@H](C)O)[C@@H](N)[C@H](Cc2cccc(C(C)=O)c2)[C@](O)(COC(=O)c2c(C)cccc2O)[C@]1(C)O.CC[C@]1(NC(N)=O)[C@@H](N)[C@H](Cc2cccc(C(C)=O)c2)[C@](O)(COC(=O)c2c(C)cccc2O)[C@]1(C)O. The lowest BCUT2D eigenvalue weighted by molar-refractivity contribution is -0.197. The number of amides is 5. The first-order chi connectivity index (χ1) is 52.9. The smallest absolute Gasteiger partial charge is 0.342 e. The van der Waals surface area contributed by atoms with Gasteiger partial charge in [-0.2, -0.15) is 0 Å². The maximum atomic E-state index is 13.0. The van der Waals surface area contributed by atoms with Crippen molar-refractivity contribution in [3.05, 3.63) is 194 Å². The number of phenolic OH excluding ortho intramolecular Hbond substituents is 3. The van der Waals surface area contributed by atoms with Gasteiger partial charge < -0.3 is 115 Å². The fraction of sp³-hybridized carbons (Fsp3) is 0.464. The van der Waals surface area contributed by atoms with Crippen LogP contribution in [0.25, 0.3) is 0 Å². The number of aromatic hydroxyl groups is 3. The Morgan fingerprint density at radius 2 is 0.713 bits per heavy atom. The van der Waals surface area contributed by atoms with Crippen molar-refractivity contribution in [3.8, 4) is 17.2 Å². The second-order valence-electron chi connectivity index (χ2n) is 30.7. The molecule has 31 nitrogen and oxygen atoms in total. The summed E-state index contributed by atoms with van der Waals surface area (Å²) in [5.74, 6) is -7.91. The van der Waals surface area contributed by atoms with Crippen molar-refractivity contribution in [1.82, 2.24) is 16.0 Å². The molecule has 3 aliphatic carbocycles. The third kappa shape index (κ3) is 17.2. The van der Waals surface area contributed by atoms with Crippen molar-refractivity contribution in [2.75, 3.05) is 19.8 Å². The van der Waals surface area contributed by atoms with Gasteiger partial charge in [-0.05, 0) is 172 Å². The van der Waals surface area contributed by atoms with E-state index in [1.807, 2.05) is 0 Å². The molecule has 9 rings (SSSR count). The third-order valence-corrected chi connectivity index (χ3v) is 24.0. The van der Waals surface area contributed by atoms with Gasteiger partial charge >= 0.3 is 30.0 Å². The Hall–Kier alpha value is -10.3. The van der Waals surface area contributed by atoms with Crippen molar-refractivity contribution in [2.45, 2.75) is 210 Å². The van der Waals surface area contributed by atoms with Crippen LogP contribution in [-0.4, -0.2) is 210 Å². The van der Waals surface area contributed by atoms with Gasteiger partial charge in [0.05, 0.1) is 17.7 Å². The minimum atomic E-state index is -2.39. The maximum absolute atomic E-state index is 13.0. The number of benzene rings is 6. The zero-order valence-electron chi connectivity index (χ0n) is 66.1. The van der Waals surface area contributed by atoms with Crippen LogP contribution in [0.2, 0.25) is 0 Å². The molecule has 115 heavy (non-hydrogen) atoms. The number of esters is 3. The highest BCUT2D eigenvalue weighted by Crippen LogP contribution is 2.56. The highest BCUT2D eigenvalue weighted by molar-refractivity contribution is 5.97. The highest BCUT2D eigenvalue weighted by atomic mass is 16.6. The van der Waals surface area contributed by atoms with Gasteiger partial charge in [-0.1, -0.05) is 112 Å². The summed E-state index contributed by atoms with van der Waals surface area (Å²) in [6, 6.07) is 27.9. The van der Waals surface area contributed by atoms with Gasteiger partial charge in [0.15, 0.2) is 17.3 Å².